The molecule has 0 spiro atoms. The van der Waals surface area contributed by atoms with E-state index in [-0.39, 0.29) is 23.2 Å². The zero-order valence-electron chi connectivity index (χ0n) is 21.2. The Morgan fingerprint density at radius 2 is 2.15 bits per heavy atom. The number of benzene rings is 1. The number of aromatic amines is 1. The summed E-state index contributed by atoms with van der Waals surface area (Å²) in [6, 6.07) is 8.13. The number of hydrogen-bond donors (Lipinski definition) is 1. The number of para-hydroxylation sites is 1. The van der Waals surface area contributed by atoms with E-state index >= 15 is 0 Å². The Hall–Kier alpha value is -2.58. The molecule has 1 fully saturated rings. The molecule has 0 aliphatic carbocycles. The second-order valence-corrected chi connectivity index (χ2v) is 10.1. The van der Waals surface area contributed by atoms with Gasteiger partial charge in [-0.2, -0.15) is 0 Å². The van der Waals surface area contributed by atoms with Crippen LogP contribution >= 0.6 is 0 Å². The monoisotopic (exact) mass is 466 g/mol. The van der Waals surface area contributed by atoms with E-state index in [1.807, 2.05) is 29.8 Å². The maximum absolute atomic E-state index is 13.1. The molecule has 1 aliphatic rings. The molecule has 8 nitrogen and oxygen atoms in total. The lowest BCUT2D eigenvalue weighted by Gasteiger charge is -2.34. The van der Waals surface area contributed by atoms with Crippen LogP contribution < -0.4 is 5.56 Å². The molecule has 2 atom stereocenters. The van der Waals surface area contributed by atoms with Crippen molar-refractivity contribution in [2.24, 2.45) is 0 Å². The predicted molar refractivity (Wildman–Crippen MR) is 134 cm³/mol. The molecule has 1 aromatic carbocycles. The van der Waals surface area contributed by atoms with E-state index in [2.05, 4.69) is 59.2 Å². The Morgan fingerprint density at radius 1 is 1.32 bits per heavy atom. The summed E-state index contributed by atoms with van der Waals surface area (Å²) in [7, 11) is 0. The minimum Gasteiger partial charge on any atom is -0.377 e. The zero-order chi connectivity index (χ0) is 24.3. The lowest BCUT2D eigenvalue weighted by molar-refractivity contribution is 0.0462. The molecule has 1 aliphatic heterocycles. The summed E-state index contributed by atoms with van der Waals surface area (Å²) >= 11 is 0. The largest absolute Gasteiger partial charge is 0.377 e. The molecule has 3 heterocycles. The lowest BCUT2D eigenvalue weighted by atomic mass is 10.00. The van der Waals surface area contributed by atoms with Gasteiger partial charge in [0.05, 0.1) is 23.2 Å². The van der Waals surface area contributed by atoms with E-state index in [0.29, 0.717) is 6.54 Å². The summed E-state index contributed by atoms with van der Waals surface area (Å²) in [5, 5.41) is 14.0. The van der Waals surface area contributed by atoms with Crippen molar-refractivity contribution in [1.82, 2.24) is 30.1 Å². The summed E-state index contributed by atoms with van der Waals surface area (Å²) in [6.45, 7) is 12.7. The van der Waals surface area contributed by atoms with Crippen LogP contribution in [-0.2, 0) is 16.8 Å². The fourth-order valence-electron chi connectivity index (χ4n) is 4.85. The maximum atomic E-state index is 13.1. The van der Waals surface area contributed by atoms with Crippen LogP contribution in [0.25, 0.3) is 10.9 Å². The summed E-state index contributed by atoms with van der Waals surface area (Å²) in [4.78, 5) is 18.6. The van der Waals surface area contributed by atoms with Crippen molar-refractivity contribution >= 4 is 10.9 Å². The molecule has 0 unspecified atom stereocenters. The second-order valence-electron chi connectivity index (χ2n) is 10.1. The van der Waals surface area contributed by atoms with E-state index in [1.54, 1.807) is 0 Å². The smallest absolute Gasteiger partial charge is 0.252 e. The molecule has 2 aromatic heterocycles. The van der Waals surface area contributed by atoms with E-state index in [4.69, 9.17) is 4.74 Å². The van der Waals surface area contributed by atoms with Crippen molar-refractivity contribution in [3.05, 3.63) is 51.6 Å². The highest BCUT2D eigenvalue weighted by atomic mass is 16.5. The Kier molecular flexibility index (Phi) is 7.48. The lowest BCUT2D eigenvalue weighted by Crippen LogP contribution is -2.39. The molecule has 0 radical (unpaired) electrons. The van der Waals surface area contributed by atoms with Gasteiger partial charge in [-0.3, -0.25) is 9.69 Å². The molecular weight excluding hydrogens is 428 g/mol. The number of nitrogens with one attached hydrogen (secondary N) is 1. The fraction of sp³-hybridized carbons (Fsp3) is 0.615. The highest BCUT2D eigenvalue weighted by Gasteiger charge is 2.33. The van der Waals surface area contributed by atoms with Gasteiger partial charge in [0, 0.05) is 25.3 Å². The Balaban J connectivity index is 1.74. The van der Waals surface area contributed by atoms with Gasteiger partial charge in [-0.05, 0) is 73.9 Å². The van der Waals surface area contributed by atoms with Crippen molar-refractivity contribution in [3.63, 3.8) is 0 Å². The molecular formula is C26H38N6O2. The average Bonchev–Trinajstić information content (AvgIpc) is 3.51. The number of hydrogen-bond acceptors (Lipinski definition) is 6. The number of ether oxygens (including phenoxy) is 1. The number of pyridine rings is 1. The van der Waals surface area contributed by atoms with Gasteiger partial charge in [0.1, 0.15) is 0 Å². The molecule has 1 saturated heterocycles. The topological polar surface area (TPSA) is 88.9 Å². The predicted octanol–water partition coefficient (Wildman–Crippen LogP) is 4.49. The number of fused-ring (bicyclic) bond motifs is 1. The van der Waals surface area contributed by atoms with Crippen molar-refractivity contribution in [3.8, 4) is 0 Å². The first kappa shape index (κ1) is 24.5. The van der Waals surface area contributed by atoms with Crippen LogP contribution in [0.5, 0.6) is 0 Å². The first-order chi connectivity index (χ1) is 16.3. The molecule has 0 bridgehead atoms. The minimum absolute atomic E-state index is 0.0115. The Morgan fingerprint density at radius 3 is 2.85 bits per heavy atom. The minimum atomic E-state index is -0.196. The second kappa shape index (κ2) is 10.4. The molecule has 0 amide bonds. The third kappa shape index (κ3) is 5.08. The van der Waals surface area contributed by atoms with Crippen LogP contribution in [0.2, 0.25) is 0 Å². The summed E-state index contributed by atoms with van der Waals surface area (Å²) in [5.41, 5.74) is 2.50. The van der Waals surface area contributed by atoms with E-state index < -0.39 is 0 Å². The molecule has 34 heavy (non-hydrogen) atoms. The van der Waals surface area contributed by atoms with E-state index in [9.17, 15) is 4.79 Å². The van der Waals surface area contributed by atoms with E-state index in [1.165, 1.54) is 0 Å². The van der Waals surface area contributed by atoms with Gasteiger partial charge in [0.25, 0.3) is 5.56 Å². The van der Waals surface area contributed by atoms with Gasteiger partial charge >= 0.3 is 0 Å². The first-order valence-corrected chi connectivity index (χ1v) is 12.6. The number of nitrogens with zero attached hydrogens (tertiary/aromatic N) is 5. The third-order valence-electron chi connectivity index (χ3n) is 7.23. The maximum Gasteiger partial charge on any atom is 0.252 e. The molecule has 0 saturated carbocycles. The fourth-order valence-corrected chi connectivity index (χ4v) is 4.85. The standard InChI is InChI=1S/C26H38N6O2/c1-6-10-22(24-28-29-30-32(24)26(4,5)7-2)31(17-21-13-9-14-34-21)16-20-15-19-12-8-11-18(3)23(19)27-25(20)33/h8,11-12,15,21-22H,6-7,9-10,13-14,16-17H2,1-5H3,(H,27,33)/t21-,22-/m0/s1. The molecule has 1 N–H and O–H groups in total. The Labute approximate surface area is 201 Å². The Bertz CT molecular complexity index is 1160. The van der Waals surface area contributed by atoms with Gasteiger partial charge in [-0.15, -0.1) is 5.10 Å². The summed E-state index contributed by atoms with van der Waals surface area (Å²) in [6.07, 6.45) is 5.07. The number of aromatic nitrogens is 5. The average molecular weight is 467 g/mol. The normalized spacial score (nSPS) is 17.6. The summed E-state index contributed by atoms with van der Waals surface area (Å²) in [5.74, 6) is 0.861. The van der Waals surface area contributed by atoms with Crippen LogP contribution in [-0.4, -0.2) is 49.3 Å². The molecule has 3 aromatic rings. The number of aryl methyl sites for hydroxylation is 1. The number of H-pyrrole nitrogens is 1. The van der Waals surface area contributed by atoms with Crippen LogP contribution in [0.4, 0.5) is 0 Å². The molecule has 184 valence electrons. The van der Waals surface area contributed by atoms with E-state index in [0.717, 1.165) is 73.1 Å². The third-order valence-corrected chi connectivity index (χ3v) is 7.23. The number of tetrazole rings is 1. The zero-order valence-corrected chi connectivity index (χ0v) is 21.2. The summed E-state index contributed by atoms with van der Waals surface area (Å²) < 4.78 is 7.99. The van der Waals surface area contributed by atoms with Gasteiger partial charge < -0.3 is 9.72 Å². The van der Waals surface area contributed by atoms with Crippen LogP contribution in [0.3, 0.4) is 0 Å². The first-order valence-electron chi connectivity index (χ1n) is 12.6. The van der Waals surface area contributed by atoms with Gasteiger partial charge in [0.15, 0.2) is 5.82 Å². The van der Waals surface area contributed by atoms with Gasteiger partial charge in [-0.25, -0.2) is 4.68 Å². The SMILES string of the molecule is CCC[C@@H](c1nnnn1C(C)(C)CC)N(Cc1cc2cccc(C)c2[nH]c1=O)C[C@@H]1CCCO1. The molecule has 8 heteroatoms. The molecule has 4 rings (SSSR count). The number of rotatable bonds is 10. The van der Waals surface area contributed by atoms with Crippen molar-refractivity contribution in [2.45, 2.75) is 91.0 Å². The van der Waals surface area contributed by atoms with Crippen molar-refractivity contribution < 1.29 is 4.74 Å². The van der Waals surface area contributed by atoms with Crippen molar-refractivity contribution in [2.75, 3.05) is 13.2 Å². The van der Waals surface area contributed by atoms with Crippen LogP contribution in [0.1, 0.15) is 82.8 Å². The highest BCUT2D eigenvalue weighted by molar-refractivity contribution is 5.81. The van der Waals surface area contributed by atoms with Crippen LogP contribution in [0, 0.1) is 6.92 Å². The quantitative estimate of drug-likeness (QED) is 0.474. The van der Waals surface area contributed by atoms with Gasteiger partial charge in [0.2, 0.25) is 0 Å². The highest BCUT2D eigenvalue weighted by Crippen LogP contribution is 2.31. The van der Waals surface area contributed by atoms with Gasteiger partial charge in [-0.1, -0.05) is 38.5 Å². The van der Waals surface area contributed by atoms with Crippen LogP contribution in [0.15, 0.2) is 29.1 Å². The van der Waals surface area contributed by atoms with Crippen molar-refractivity contribution in [1.29, 1.82) is 0 Å².